The second-order valence-corrected chi connectivity index (χ2v) is 10.9. The molecule has 0 aliphatic carbocycles. The van der Waals surface area contributed by atoms with Gasteiger partial charge in [-0.3, -0.25) is 0 Å². The maximum absolute atomic E-state index is 12.0. The Balaban J connectivity index is 2.82. The van der Waals surface area contributed by atoms with Crippen molar-refractivity contribution in [2.45, 2.75) is 11.2 Å². The smallest absolute Gasteiger partial charge is 0.150 e. The Kier molecular flexibility index (Phi) is 5.63. The standard InChI is InChI=1S/C18H22O6S2/c1-25(21,22)13-17(19,15-9-5-3-6-10-15)18(20,14-26(2,23)24)16-11-7-4-8-12-16/h3-12,19-20H,13-14H2,1-2H3. The molecule has 8 heteroatoms. The summed E-state index contributed by atoms with van der Waals surface area (Å²) < 4.78 is 48.2. The molecule has 2 N–H and O–H groups in total. The molecule has 2 atom stereocenters. The van der Waals surface area contributed by atoms with Crippen LogP contribution in [0.2, 0.25) is 0 Å². The first kappa shape index (κ1) is 20.6. The highest BCUT2D eigenvalue weighted by molar-refractivity contribution is 7.91. The van der Waals surface area contributed by atoms with E-state index in [1.165, 1.54) is 24.3 Å². The number of hydrogen-bond acceptors (Lipinski definition) is 6. The van der Waals surface area contributed by atoms with Gasteiger partial charge in [-0.25, -0.2) is 16.8 Å². The monoisotopic (exact) mass is 398 g/mol. The van der Waals surface area contributed by atoms with Crippen molar-refractivity contribution in [3.63, 3.8) is 0 Å². The van der Waals surface area contributed by atoms with Gasteiger partial charge < -0.3 is 10.2 Å². The van der Waals surface area contributed by atoms with Crippen molar-refractivity contribution in [1.82, 2.24) is 0 Å². The van der Waals surface area contributed by atoms with E-state index in [1.54, 1.807) is 36.4 Å². The molecule has 0 heterocycles. The number of sulfone groups is 2. The van der Waals surface area contributed by atoms with Crippen LogP contribution in [0, 0.1) is 0 Å². The van der Waals surface area contributed by atoms with Crippen molar-refractivity contribution >= 4 is 19.7 Å². The van der Waals surface area contributed by atoms with Crippen LogP contribution < -0.4 is 0 Å². The summed E-state index contributed by atoms with van der Waals surface area (Å²) in [7, 11) is -7.56. The molecule has 2 rings (SSSR count). The van der Waals surface area contributed by atoms with E-state index in [0.717, 1.165) is 12.5 Å². The van der Waals surface area contributed by atoms with E-state index in [-0.39, 0.29) is 11.1 Å². The van der Waals surface area contributed by atoms with Gasteiger partial charge in [-0.2, -0.15) is 0 Å². The molecule has 0 aliphatic rings. The fourth-order valence-electron chi connectivity index (χ4n) is 3.07. The molecule has 142 valence electrons. The molecule has 0 fully saturated rings. The molecule has 6 nitrogen and oxygen atoms in total. The molecule has 0 saturated heterocycles. The molecule has 0 spiro atoms. The summed E-state index contributed by atoms with van der Waals surface area (Å²) in [4.78, 5) is 0. The summed E-state index contributed by atoms with van der Waals surface area (Å²) in [5.41, 5.74) is -4.51. The first-order valence-corrected chi connectivity index (χ1v) is 11.9. The molecule has 2 aromatic rings. The Morgan fingerprint density at radius 2 is 0.923 bits per heavy atom. The molecule has 0 aromatic heterocycles. The van der Waals surface area contributed by atoms with E-state index in [9.17, 15) is 27.0 Å². The molecule has 2 unspecified atom stereocenters. The lowest BCUT2D eigenvalue weighted by Crippen LogP contribution is -2.56. The number of hydrogen-bond donors (Lipinski definition) is 2. The molecular weight excluding hydrogens is 376 g/mol. The summed E-state index contributed by atoms with van der Waals surface area (Å²) in [6.45, 7) is 0. The van der Waals surface area contributed by atoms with Gasteiger partial charge in [0.2, 0.25) is 0 Å². The lowest BCUT2D eigenvalue weighted by Gasteiger charge is -2.43. The summed E-state index contributed by atoms with van der Waals surface area (Å²) in [5.74, 6) is -1.68. The lowest BCUT2D eigenvalue weighted by atomic mass is 9.75. The zero-order chi connectivity index (χ0) is 19.6. The largest absolute Gasteiger partial charge is 0.381 e. The Morgan fingerprint density at radius 3 is 1.15 bits per heavy atom. The summed E-state index contributed by atoms with van der Waals surface area (Å²) in [5, 5.41) is 22.9. The van der Waals surface area contributed by atoms with E-state index >= 15 is 0 Å². The van der Waals surface area contributed by atoms with Crippen LogP contribution in [-0.2, 0) is 30.9 Å². The van der Waals surface area contributed by atoms with E-state index < -0.39 is 42.4 Å². The van der Waals surface area contributed by atoms with Crippen LogP contribution in [0.5, 0.6) is 0 Å². The average Bonchev–Trinajstić information content (AvgIpc) is 2.53. The van der Waals surface area contributed by atoms with Crippen molar-refractivity contribution in [2.75, 3.05) is 24.0 Å². The first-order chi connectivity index (χ1) is 11.9. The van der Waals surface area contributed by atoms with Crippen molar-refractivity contribution in [3.05, 3.63) is 71.8 Å². The van der Waals surface area contributed by atoms with Crippen LogP contribution >= 0.6 is 0 Å². The normalized spacial score (nSPS) is 17.2. The molecule has 0 amide bonds. The van der Waals surface area contributed by atoms with Gasteiger partial charge in [0.15, 0.2) is 19.7 Å². The van der Waals surface area contributed by atoms with Crippen LogP contribution in [0.4, 0.5) is 0 Å². The van der Waals surface area contributed by atoms with E-state index in [1.807, 2.05) is 0 Å². The van der Waals surface area contributed by atoms with Crippen LogP contribution in [0.25, 0.3) is 0 Å². The Hall–Kier alpha value is -1.74. The van der Waals surface area contributed by atoms with Crippen molar-refractivity contribution in [2.24, 2.45) is 0 Å². The van der Waals surface area contributed by atoms with Crippen molar-refractivity contribution in [1.29, 1.82) is 0 Å². The number of benzene rings is 2. The topological polar surface area (TPSA) is 109 Å². The van der Waals surface area contributed by atoms with E-state index in [0.29, 0.717) is 0 Å². The van der Waals surface area contributed by atoms with E-state index in [2.05, 4.69) is 0 Å². The number of rotatable bonds is 7. The highest BCUT2D eigenvalue weighted by Crippen LogP contribution is 2.42. The Morgan fingerprint density at radius 1 is 0.654 bits per heavy atom. The van der Waals surface area contributed by atoms with Gasteiger partial charge in [0, 0.05) is 12.5 Å². The van der Waals surface area contributed by atoms with Gasteiger partial charge in [0.05, 0.1) is 11.5 Å². The summed E-state index contributed by atoms with van der Waals surface area (Å²) in [6.07, 6.45) is 1.85. The maximum Gasteiger partial charge on any atom is 0.150 e. The van der Waals surface area contributed by atoms with Crippen LogP contribution in [0.3, 0.4) is 0 Å². The molecule has 0 aliphatic heterocycles. The average molecular weight is 399 g/mol. The predicted octanol–water partition coefficient (Wildman–Crippen LogP) is 0.851. The Labute approximate surface area is 154 Å². The first-order valence-electron chi connectivity index (χ1n) is 7.79. The highest BCUT2D eigenvalue weighted by Gasteiger charge is 2.55. The zero-order valence-electron chi connectivity index (χ0n) is 14.5. The second-order valence-electron chi connectivity index (χ2n) is 6.59. The van der Waals surface area contributed by atoms with Gasteiger partial charge in [-0.15, -0.1) is 0 Å². The molecular formula is C18H22O6S2. The maximum atomic E-state index is 12.0. The predicted molar refractivity (Wildman–Crippen MR) is 100 cm³/mol. The minimum atomic E-state index is -3.78. The van der Waals surface area contributed by atoms with Crippen LogP contribution in [0.1, 0.15) is 11.1 Å². The molecule has 2 aromatic carbocycles. The van der Waals surface area contributed by atoms with Gasteiger partial charge in [-0.1, -0.05) is 60.7 Å². The minimum Gasteiger partial charge on any atom is -0.381 e. The third kappa shape index (κ3) is 4.50. The van der Waals surface area contributed by atoms with Crippen molar-refractivity contribution in [3.8, 4) is 0 Å². The fourth-order valence-corrected chi connectivity index (χ4v) is 5.40. The van der Waals surface area contributed by atoms with E-state index in [4.69, 9.17) is 0 Å². The summed E-state index contributed by atoms with van der Waals surface area (Å²) in [6, 6.07) is 15.5. The Bertz CT molecular complexity index is 874. The molecule has 0 radical (unpaired) electrons. The minimum absolute atomic E-state index is 0.112. The van der Waals surface area contributed by atoms with Gasteiger partial charge in [0.25, 0.3) is 0 Å². The number of aliphatic hydroxyl groups is 2. The van der Waals surface area contributed by atoms with Crippen LogP contribution in [-0.4, -0.2) is 51.1 Å². The third-order valence-electron chi connectivity index (χ3n) is 4.13. The zero-order valence-corrected chi connectivity index (χ0v) is 16.2. The molecule has 26 heavy (non-hydrogen) atoms. The van der Waals surface area contributed by atoms with Gasteiger partial charge in [0.1, 0.15) is 11.2 Å². The highest BCUT2D eigenvalue weighted by atomic mass is 32.2. The van der Waals surface area contributed by atoms with Crippen LogP contribution in [0.15, 0.2) is 60.7 Å². The molecule has 0 bridgehead atoms. The fraction of sp³-hybridized carbons (Fsp3) is 0.333. The summed E-state index contributed by atoms with van der Waals surface area (Å²) >= 11 is 0. The SMILES string of the molecule is CS(=O)(=O)CC(O)(c1ccccc1)C(O)(CS(C)(=O)=O)c1ccccc1. The quantitative estimate of drug-likeness (QED) is 0.716. The lowest BCUT2D eigenvalue weighted by molar-refractivity contribution is -0.138. The molecule has 0 saturated carbocycles. The second kappa shape index (κ2) is 7.11. The van der Waals surface area contributed by atoms with Gasteiger partial charge in [-0.05, 0) is 11.1 Å². The van der Waals surface area contributed by atoms with Gasteiger partial charge >= 0.3 is 0 Å². The van der Waals surface area contributed by atoms with Crippen molar-refractivity contribution < 1.29 is 27.0 Å². The third-order valence-corrected chi connectivity index (χ3v) is 6.01.